The summed E-state index contributed by atoms with van der Waals surface area (Å²) in [5.74, 6) is 0.283. The van der Waals surface area contributed by atoms with Gasteiger partial charge in [-0.25, -0.2) is 5.43 Å². The molecule has 134 valence electrons. The van der Waals surface area contributed by atoms with Crippen molar-refractivity contribution in [1.82, 2.24) is 5.43 Å². The highest BCUT2D eigenvalue weighted by Crippen LogP contribution is 2.22. The first kappa shape index (κ1) is 18.9. The first-order valence-corrected chi connectivity index (χ1v) is 7.90. The van der Waals surface area contributed by atoms with Crippen molar-refractivity contribution in [3.05, 3.63) is 75.3 Å². The third-order valence-corrected chi connectivity index (χ3v) is 3.52. The highest BCUT2D eigenvalue weighted by Gasteiger charge is 2.09. The minimum absolute atomic E-state index is 0.00295. The summed E-state index contributed by atoms with van der Waals surface area (Å²) < 4.78 is 5.52. The number of allylic oxidation sites excluding steroid dienone is 1. The normalized spacial score (nSPS) is 11.0. The molecular formula is C19H19N3O4. The van der Waals surface area contributed by atoms with Crippen LogP contribution in [0.25, 0.3) is 6.08 Å². The van der Waals surface area contributed by atoms with Crippen LogP contribution in [0.15, 0.2) is 53.6 Å². The second-order valence-electron chi connectivity index (χ2n) is 5.50. The van der Waals surface area contributed by atoms with Gasteiger partial charge in [0.05, 0.1) is 10.5 Å². The van der Waals surface area contributed by atoms with Gasteiger partial charge in [0.15, 0.2) is 6.61 Å². The number of hydrazone groups is 1. The Hall–Kier alpha value is -3.48. The molecule has 0 aliphatic heterocycles. The maximum atomic E-state index is 11.8. The molecule has 1 amide bonds. The molecule has 0 aliphatic carbocycles. The van der Waals surface area contributed by atoms with Gasteiger partial charge in [0.1, 0.15) is 5.75 Å². The summed E-state index contributed by atoms with van der Waals surface area (Å²) in [7, 11) is 0. The number of rotatable bonds is 7. The number of hydrogen-bond donors (Lipinski definition) is 1. The zero-order valence-corrected chi connectivity index (χ0v) is 14.5. The van der Waals surface area contributed by atoms with Crippen molar-refractivity contribution >= 4 is 23.9 Å². The van der Waals surface area contributed by atoms with Gasteiger partial charge in [-0.1, -0.05) is 30.3 Å². The number of nitro groups is 1. The molecule has 26 heavy (non-hydrogen) atoms. The fourth-order valence-electron chi connectivity index (χ4n) is 2.29. The topological polar surface area (TPSA) is 93.8 Å². The van der Waals surface area contributed by atoms with E-state index in [4.69, 9.17) is 4.74 Å². The van der Waals surface area contributed by atoms with Crippen LogP contribution in [0.3, 0.4) is 0 Å². The highest BCUT2D eigenvalue weighted by atomic mass is 16.6. The smallest absolute Gasteiger partial charge is 0.277 e. The summed E-state index contributed by atoms with van der Waals surface area (Å²) in [4.78, 5) is 22.2. The summed E-state index contributed by atoms with van der Waals surface area (Å²) >= 11 is 0. The largest absolute Gasteiger partial charge is 0.483 e. The van der Waals surface area contributed by atoms with Gasteiger partial charge in [0, 0.05) is 12.3 Å². The molecule has 2 aromatic carbocycles. The van der Waals surface area contributed by atoms with E-state index in [2.05, 4.69) is 10.5 Å². The monoisotopic (exact) mass is 353 g/mol. The molecule has 0 saturated heterocycles. The minimum atomic E-state index is -0.455. The van der Waals surface area contributed by atoms with Gasteiger partial charge in [-0.2, -0.15) is 5.10 Å². The molecule has 0 bridgehead atoms. The van der Waals surface area contributed by atoms with Gasteiger partial charge in [0.2, 0.25) is 0 Å². The number of nitro benzene ring substituents is 1. The lowest BCUT2D eigenvalue weighted by molar-refractivity contribution is -0.385. The Bertz CT molecular complexity index is 839. The summed E-state index contributed by atoms with van der Waals surface area (Å²) in [6, 6.07) is 12.1. The van der Waals surface area contributed by atoms with E-state index >= 15 is 0 Å². The SMILES string of the molecule is Cc1cccc(C)c1OCC(=O)N/N=C\C=C\c1ccccc1[N+](=O)[O-]. The number of para-hydroxylation sites is 2. The average molecular weight is 353 g/mol. The molecule has 7 nitrogen and oxygen atoms in total. The number of aryl methyl sites for hydroxylation is 2. The summed E-state index contributed by atoms with van der Waals surface area (Å²) in [6.07, 6.45) is 4.39. The van der Waals surface area contributed by atoms with E-state index in [0.29, 0.717) is 11.3 Å². The third-order valence-electron chi connectivity index (χ3n) is 3.52. The molecule has 2 aromatic rings. The third kappa shape index (κ3) is 5.27. The van der Waals surface area contributed by atoms with Crippen LogP contribution in [0.4, 0.5) is 5.69 Å². The summed E-state index contributed by atoms with van der Waals surface area (Å²) in [5.41, 5.74) is 4.70. The fourth-order valence-corrected chi connectivity index (χ4v) is 2.29. The molecule has 0 spiro atoms. The van der Waals surface area contributed by atoms with Crippen LogP contribution in [0.5, 0.6) is 5.75 Å². The average Bonchev–Trinajstić information content (AvgIpc) is 2.61. The number of carbonyl (C=O) groups is 1. The van der Waals surface area contributed by atoms with E-state index < -0.39 is 10.8 Å². The van der Waals surface area contributed by atoms with E-state index in [0.717, 1.165) is 11.1 Å². The number of ether oxygens (including phenoxy) is 1. The van der Waals surface area contributed by atoms with Crippen LogP contribution >= 0.6 is 0 Å². The van der Waals surface area contributed by atoms with Gasteiger partial charge in [0.25, 0.3) is 11.6 Å². The van der Waals surface area contributed by atoms with E-state index in [1.807, 2.05) is 32.0 Å². The molecule has 0 fully saturated rings. The lowest BCUT2D eigenvalue weighted by Crippen LogP contribution is -2.24. The molecule has 1 N–H and O–H groups in total. The van der Waals surface area contributed by atoms with Crippen molar-refractivity contribution in [3.63, 3.8) is 0 Å². The van der Waals surface area contributed by atoms with Crippen molar-refractivity contribution in [1.29, 1.82) is 0 Å². The Morgan fingerprint density at radius 3 is 2.58 bits per heavy atom. The molecule has 0 radical (unpaired) electrons. The second kappa shape index (κ2) is 9.12. The zero-order chi connectivity index (χ0) is 18.9. The molecule has 0 aliphatic rings. The standard InChI is InChI=1S/C19H19N3O4/c1-14-7-5-8-15(2)19(14)26-13-18(23)21-20-12-6-10-16-9-3-4-11-17(16)22(24)25/h3-12H,13H2,1-2H3,(H,21,23)/b10-6+,20-12-. The molecule has 7 heteroatoms. The van der Waals surface area contributed by atoms with E-state index in [-0.39, 0.29) is 12.3 Å². The van der Waals surface area contributed by atoms with Crippen molar-refractivity contribution in [2.75, 3.05) is 6.61 Å². The number of nitrogens with one attached hydrogen (secondary N) is 1. The van der Waals surface area contributed by atoms with Crippen LogP contribution in [0.1, 0.15) is 16.7 Å². The molecule has 0 aromatic heterocycles. The minimum Gasteiger partial charge on any atom is -0.483 e. The van der Waals surface area contributed by atoms with Crippen LogP contribution in [0, 0.1) is 24.0 Å². The van der Waals surface area contributed by atoms with Crippen LogP contribution in [-0.4, -0.2) is 23.7 Å². The van der Waals surface area contributed by atoms with E-state index in [1.165, 1.54) is 18.4 Å². The summed E-state index contributed by atoms with van der Waals surface area (Å²) in [6.45, 7) is 3.66. The number of benzene rings is 2. The van der Waals surface area contributed by atoms with Crippen LogP contribution in [0.2, 0.25) is 0 Å². The molecule has 0 heterocycles. The Morgan fingerprint density at radius 1 is 1.19 bits per heavy atom. The van der Waals surface area contributed by atoms with Crippen molar-refractivity contribution in [2.24, 2.45) is 5.10 Å². The summed E-state index contributed by atoms with van der Waals surface area (Å²) in [5, 5.41) is 14.7. The van der Waals surface area contributed by atoms with Gasteiger partial charge < -0.3 is 4.74 Å². The number of hydrogen-bond acceptors (Lipinski definition) is 5. The predicted molar refractivity (Wildman–Crippen MR) is 100 cm³/mol. The van der Waals surface area contributed by atoms with Gasteiger partial charge in [-0.3, -0.25) is 14.9 Å². The Balaban J connectivity index is 1.85. The van der Waals surface area contributed by atoms with Gasteiger partial charge in [-0.05, 0) is 43.2 Å². The first-order valence-electron chi connectivity index (χ1n) is 7.90. The molecular weight excluding hydrogens is 334 g/mol. The maximum Gasteiger partial charge on any atom is 0.277 e. The lowest BCUT2D eigenvalue weighted by atomic mass is 10.1. The fraction of sp³-hybridized carbons (Fsp3) is 0.158. The predicted octanol–water partition coefficient (Wildman–Crippen LogP) is 3.41. The zero-order valence-electron chi connectivity index (χ0n) is 14.5. The number of carbonyl (C=O) groups excluding carboxylic acids is 1. The van der Waals surface area contributed by atoms with Gasteiger partial charge >= 0.3 is 0 Å². The number of nitrogens with zero attached hydrogens (tertiary/aromatic N) is 2. The van der Waals surface area contributed by atoms with Crippen molar-refractivity contribution < 1.29 is 14.5 Å². The van der Waals surface area contributed by atoms with E-state index in [9.17, 15) is 14.9 Å². The Morgan fingerprint density at radius 2 is 1.88 bits per heavy atom. The molecule has 0 saturated carbocycles. The quantitative estimate of drug-likeness (QED) is 0.469. The first-order chi connectivity index (χ1) is 12.5. The molecule has 0 atom stereocenters. The Kier molecular flexibility index (Phi) is 6.61. The van der Waals surface area contributed by atoms with Crippen molar-refractivity contribution in [2.45, 2.75) is 13.8 Å². The van der Waals surface area contributed by atoms with Crippen molar-refractivity contribution in [3.8, 4) is 5.75 Å². The second-order valence-corrected chi connectivity index (χ2v) is 5.50. The van der Waals surface area contributed by atoms with Gasteiger partial charge in [-0.15, -0.1) is 0 Å². The number of amides is 1. The van der Waals surface area contributed by atoms with E-state index in [1.54, 1.807) is 24.3 Å². The lowest BCUT2D eigenvalue weighted by Gasteiger charge is -2.10. The van der Waals surface area contributed by atoms with Crippen LogP contribution in [-0.2, 0) is 4.79 Å². The molecule has 0 unspecified atom stereocenters. The maximum absolute atomic E-state index is 11.8. The highest BCUT2D eigenvalue weighted by molar-refractivity contribution is 5.82. The Labute approximate surface area is 151 Å². The van der Waals surface area contributed by atoms with Crippen LogP contribution < -0.4 is 10.2 Å². The molecule has 2 rings (SSSR count).